The van der Waals surface area contributed by atoms with Crippen molar-refractivity contribution in [2.45, 2.75) is 115 Å². The van der Waals surface area contributed by atoms with Crippen LogP contribution in [0.4, 0.5) is 0 Å². The molecule has 0 spiro atoms. The van der Waals surface area contributed by atoms with Gasteiger partial charge in [0.1, 0.15) is 17.1 Å². The molecule has 1 fully saturated rings. The van der Waals surface area contributed by atoms with Crippen LogP contribution in [0.15, 0.2) is 12.1 Å². The first-order valence-corrected chi connectivity index (χ1v) is 12.4. The lowest BCUT2D eigenvalue weighted by Crippen LogP contribution is -2.49. The van der Waals surface area contributed by atoms with E-state index in [4.69, 9.17) is 11.2 Å². The Balaban J connectivity index is 1.85. The first-order chi connectivity index (χ1) is 14.7. The molecule has 1 aliphatic carbocycles. The molecule has 0 bridgehead atoms. The topological polar surface area (TPSA) is 41.5 Å². The predicted octanol–water partition coefficient (Wildman–Crippen LogP) is 6.68. The maximum atomic E-state index is 11.2. The van der Waals surface area contributed by atoms with E-state index in [9.17, 15) is 5.11 Å². The summed E-state index contributed by atoms with van der Waals surface area (Å²) in [7, 11) is 0. The number of unbranched alkanes of at least 4 members (excludes halogenated alkanes) is 3. The molecule has 0 aromatic heterocycles. The molecule has 0 radical (unpaired) electrons. The number of ether oxygens (including phenoxy) is 1. The molecule has 1 aliphatic heterocycles. The van der Waals surface area contributed by atoms with E-state index in [-0.39, 0.29) is 11.0 Å². The Kier molecular flexibility index (Phi) is 7.63. The number of benzene rings is 1. The fourth-order valence-electron chi connectivity index (χ4n) is 5.81. The standard InChI is InChI=1S/C28H43NO2/c1-7-9-11-12-15-27(3,4)20-17-24(30)26-22-19-21(29-16-10-8-2)13-14-23(22)28(5,6)31-25(26)18-20/h2,17-18,21-23,29-30H,7,9-16,19H2,1,3-6H3/t21?,22-,23+/m1/s1. The van der Waals surface area contributed by atoms with Crippen molar-refractivity contribution in [2.75, 3.05) is 6.54 Å². The number of nitrogens with one attached hydrogen (secondary N) is 1. The molecule has 0 amide bonds. The zero-order valence-corrected chi connectivity index (χ0v) is 20.4. The van der Waals surface area contributed by atoms with E-state index >= 15 is 0 Å². The average Bonchev–Trinajstić information content (AvgIpc) is 2.70. The van der Waals surface area contributed by atoms with Crippen LogP contribution in [0.1, 0.15) is 109 Å². The molecule has 31 heavy (non-hydrogen) atoms. The van der Waals surface area contributed by atoms with Crippen molar-refractivity contribution in [1.29, 1.82) is 0 Å². The number of rotatable bonds is 9. The molecule has 172 valence electrons. The molecule has 2 N–H and O–H groups in total. The summed E-state index contributed by atoms with van der Waals surface area (Å²) in [5.41, 5.74) is 2.01. The number of terminal acetylenes is 1. The van der Waals surface area contributed by atoms with Crippen molar-refractivity contribution < 1.29 is 9.84 Å². The Morgan fingerprint density at radius 1 is 1.23 bits per heavy atom. The molecule has 1 saturated carbocycles. The normalized spacial score (nSPS) is 24.6. The minimum absolute atomic E-state index is 0.0243. The lowest BCUT2D eigenvalue weighted by Gasteiger charge is -2.49. The number of phenols is 1. The minimum Gasteiger partial charge on any atom is -0.508 e. The zero-order valence-electron chi connectivity index (χ0n) is 20.4. The van der Waals surface area contributed by atoms with Gasteiger partial charge in [-0.3, -0.25) is 0 Å². The lowest BCUT2D eigenvalue weighted by molar-refractivity contribution is -0.0121. The van der Waals surface area contributed by atoms with Crippen LogP contribution in [-0.4, -0.2) is 23.3 Å². The maximum absolute atomic E-state index is 11.2. The summed E-state index contributed by atoms with van der Waals surface area (Å²) >= 11 is 0. The quantitative estimate of drug-likeness (QED) is 0.343. The van der Waals surface area contributed by atoms with Crippen molar-refractivity contribution in [3.8, 4) is 23.8 Å². The van der Waals surface area contributed by atoms with Crippen molar-refractivity contribution in [1.82, 2.24) is 5.32 Å². The molecular formula is C28H43NO2. The third-order valence-electron chi connectivity index (χ3n) is 7.75. The number of hydrogen-bond donors (Lipinski definition) is 2. The number of hydrogen-bond acceptors (Lipinski definition) is 3. The molecule has 0 saturated heterocycles. The van der Waals surface area contributed by atoms with Gasteiger partial charge < -0.3 is 15.2 Å². The molecule has 3 rings (SSSR count). The molecule has 3 nitrogen and oxygen atoms in total. The van der Waals surface area contributed by atoms with Crippen LogP contribution in [0.5, 0.6) is 11.5 Å². The number of fused-ring (bicyclic) bond motifs is 3. The van der Waals surface area contributed by atoms with Crippen LogP contribution < -0.4 is 10.1 Å². The Labute approximate surface area is 190 Å². The van der Waals surface area contributed by atoms with Gasteiger partial charge in [-0.15, -0.1) is 12.3 Å². The summed E-state index contributed by atoms with van der Waals surface area (Å²) in [6.07, 6.45) is 15.6. The van der Waals surface area contributed by atoms with Gasteiger partial charge in [0.15, 0.2) is 0 Å². The second-order valence-corrected chi connectivity index (χ2v) is 10.9. The van der Waals surface area contributed by atoms with Gasteiger partial charge in [-0.25, -0.2) is 0 Å². The molecule has 1 heterocycles. The number of aromatic hydroxyl groups is 1. The monoisotopic (exact) mass is 425 g/mol. The minimum atomic E-state index is -0.224. The average molecular weight is 426 g/mol. The zero-order chi connectivity index (χ0) is 22.6. The van der Waals surface area contributed by atoms with Crippen molar-refractivity contribution in [3.63, 3.8) is 0 Å². The van der Waals surface area contributed by atoms with Gasteiger partial charge in [-0.05, 0) is 68.6 Å². The second-order valence-electron chi connectivity index (χ2n) is 10.9. The Morgan fingerprint density at radius 2 is 2.00 bits per heavy atom. The van der Waals surface area contributed by atoms with Gasteiger partial charge in [0, 0.05) is 30.5 Å². The smallest absolute Gasteiger partial charge is 0.127 e. The van der Waals surface area contributed by atoms with E-state index in [0.717, 1.165) is 50.0 Å². The molecule has 2 aliphatic rings. The fourth-order valence-corrected chi connectivity index (χ4v) is 5.81. The molecule has 3 atom stereocenters. The van der Waals surface area contributed by atoms with Gasteiger partial charge in [0.05, 0.1) is 0 Å². The van der Waals surface area contributed by atoms with Crippen LogP contribution in [0.2, 0.25) is 0 Å². The van der Waals surface area contributed by atoms with Gasteiger partial charge in [0.2, 0.25) is 0 Å². The summed E-state index contributed by atoms with van der Waals surface area (Å²) in [4.78, 5) is 0. The van der Waals surface area contributed by atoms with Crippen LogP contribution in [-0.2, 0) is 5.41 Å². The Hall–Kier alpha value is -1.66. The second kappa shape index (κ2) is 9.86. The van der Waals surface area contributed by atoms with Gasteiger partial charge >= 0.3 is 0 Å². The summed E-state index contributed by atoms with van der Waals surface area (Å²) in [5, 5.41) is 14.8. The molecule has 1 unspecified atom stereocenters. The van der Waals surface area contributed by atoms with Gasteiger partial charge in [-0.2, -0.15) is 0 Å². The summed E-state index contributed by atoms with van der Waals surface area (Å²) in [5.74, 6) is 4.77. The van der Waals surface area contributed by atoms with Crippen molar-refractivity contribution >= 4 is 0 Å². The van der Waals surface area contributed by atoms with Crippen LogP contribution in [0.25, 0.3) is 0 Å². The van der Waals surface area contributed by atoms with E-state index in [1.165, 1.54) is 31.2 Å². The molecule has 1 aromatic rings. The summed E-state index contributed by atoms with van der Waals surface area (Å²) in [6, 6.07) is 4.69. The van der Waals surface area contributed by atoms with E-state index in [0.29, 0.717) is 23.6 Å². The van der Waals surface area contributed by atoms with Gasteiger partial charge in [-0.1, -0.05) is 46.5 Å². The van der Waals surface area contributed by atoms with E-state index in [1.54, 1.807) is 0 Å². The Bertz CT molecular complexity index is 789. The third-order valence-corrected chi connectivity index (χ3v) is 7.75. The SMILES string of the molecule is C#CCCNC1CC[C@H]2[C@@H](C1)c1c(O)cc(C(C)(C)CCCCCC)cc1OC2(C)C. The highest BCUT2D eigenvalue weighted by Gasteiger charge is 2.47. The Morgan fingerprint density at radius 3 is 2.71 bits per heavy atom. The molecular weight excluding hydrogens is 382 g/mol. The molecule has 3 heteroatoms. The van der Waals surface area contributed by atoms with E-state index < -0.39 is 0 Å². The number of phenolic OH excluding ortho intramolecular Hbond substituents is 1. The summed E-state index contributed by atoms with van der Waals surface area (Å²) in [6.45, 7) is 12.1. The largest absolute Gasteiger partial charge is 0.508 e. The predicted molar refractivity (Wildman–Crippen MR) is 130 cm³/mol. The van der Waals surface area contributed by atoms with Crippen molar-refractivity contribution in [3.05, 3.63) is 23.3 Å². The summed E-state index contributed by atoms with van der Waals surface area (Å²) < 4.78 is 6.58. The van der Waals surface area contributed by atoms with E-state index in [1.807, 2.05) is 6.07 Å². The van der Waals surface area contributed by atoms with Gasteiger partial charge in [0.25, 0.3) is 0 Å². The van der Waals surface area contributed by atoms with E-state index in [2.05, 4.69) is 51.9 Å². The van der Waals surface area contributed by atoms with Crippen LogP contribution in [0, 0.1) is 18.3 Å². The maximum Gasteiger partial charge on any atom is 0.127 e. The van der Waals surface area contributed by atoms with Crippen molar-refractivity contribution in [2.24, 2.45) is 5.92 Å². The molecule has 1 aromatic carbocycles. The lowest BCUT2D eigenvalue weighted by atomic mass is 9.65. The fraction of sp³-hybridized carbons (Fsp3) is 0.714. The first-order valence-electron chi connectivity index (χ1n) is 12.4. The van der Waals surface area contributed by atoms with Crippen LogP contribution >= 0.6 is 0 Å². The highest BCUT2D eigenvalue weighted by atomic mass is 16.5. The van der Waals surface area contributed by atoms with Crippen LogP contribution in [0.3, 0.4) is 0 Å². The first kappa shape index (κ1) is 24.0. The third kappa shape index (κ3) is 5.40. The highest BCUT2D eigenvalue weighted by molar-refractivity contribution is 5.53. The highest BCUT2D eigenvalue weighted by Crippen LogP contribution is 2.55.